The maximum Gasteiger partial charge on any atom is 0.123 e. The van der Waals surface area contributed by atoms with Crippen LogP contribution in [0.3, 0.4) is 0 Å². The van der Waals surface area contributed by atoms with Gasteiger partial charge < -0.3 is 14.4 Å². The molecule has 0 atom stereocenters. The van der Waals surface area contributed by atoms with Gasteiger partial charge in [-0.1, -0.05) is 24.3 Å². The molecule has 0 bridgehead atoms. The summed E-state index contributed by atoms with van der Waals surface area (Å²) in [7, 11) is 0. The average Bonchev–Trinajstić information content (AvgIpc) is 3.45. The van der Waals surface area contributed by atoms with Crippen molar-refractivity contribution >= 4 is 17.1 Å². The second-order valence-corrected chi connectivity index (χ2v) is 10.1. The average molecular weight is 469 g/mol. The lowest BCUT2D eigenvalue weighted by atomic mass is 9.88. The number of hydrogen-bond acceptors (Lipinski definition) is 3. The zero-order valence-electron chi connectivity index (χ0n) is 20.1. The van der Waals surface area contributed by atoms with Crippen molar-refractivity contribution in [3.8, 4) is 16.8 Å². The summed E-state index contributed by atoms with van der Waals surface area (Å²) in [6, 6.07) is 19.5. The molecule has 4 aromatic rings. The minimum Gasteiger partial charge on any atom is -0.386 e. The van der Waals surface area contributed by atoms with E-state index < -0.39 is 5.60 Å². The zero-order valence-corrected chi connectivity index (χ0v) is 20.1. The first-order valence-corrected chi connectivity index (χ1v) is 12.3. The summed E-state index contributed by atoms with van der Waals surface area (Å²) in [6.45, 7) is 5.76. The molecule has 35 heavy (non-hydrogen) atoms. The van der Waals surface area contributed by atoms with E-state index in [1.807, 2.05) is 30.5 Å². The number of aliphatic imine (C=N–C) groups is 1. The van der Waals surface area contributed by atoms with Gasteiger partial charge in [-0.05, 0) is 85.3 Å². The highest BCUT2D eigenvalue weighted by atomic mass is 19.1. The van der Waals surface area contributed by atoms with E-state index in [-0.39, 0.29) is 5.82 Å². The van der Waals surface area contributed by atoms with E-state index in [2.05, 4.69) is 33.8 Å². The fourth-order valence-corrected chi connectivity index (χ4v) is 5.49. The first-order valence-electron chi connectivity index (χ1n) is 12.3. The number of benzene rings is 3. The molecule has 3 aromatic carbocycles. The van der Waals surface area contributed by atoms with Gasteiger partial charge in [-0.15, -0.1) is 0 Å². The maximum atomic E-state index is 13.9. The summed E-state index contributed by atoms with van der Waals surface area (Å²) in [6.07, 6.45) is 3.82. The third kappa shape index (κ3) is 3.89. The number of aliphatic hydroxyl groups is 1. The first-order chi connectivity index (χ1) is 16.9. The molecule has 1 aromatic heterocycles. The number of hydrogen-bond donors (Lipinski definition) is 1. The molecule has 2 aliphatic rings. The summed E-state index contributed by atoms with van der Waals surface area (Å²) in [5.41, 5.74) is 7.96. The molecular formula is C30H29FN2O2. The molecule has 0 aliphatic carbocycles. The summed E-state index contributed by atoms with van der Waals surface area (Å²) in [4.78, 5) is 4.49. The van der Waals surface area contributed by atoms with Crippen LogP contribution in [0.1, 0.15) is 55.0 Å². The van der Waals surface area contributed by atoms with Crippen LogP contribution in [-0.2, 0) is 16.9 Å². The minimum atomic E-state index is -0.900. The molecule has 1 fully saturated rings. The molecule has 0 saturated carbocycles. The number of aromatic nitrogens is 1. The highest BCUT2D eigenvalue weighted by molar-refractivity contribution is 6.03. The Morgan fingerprint density at radius 2 is 1.71 bits per heavy atom. The summed E-state index contributed by atoms with van der Waals surface area (Å²) in [5.74, 6) is 0.0713. The Morgan fingerprint density at radius 3 is 2.40 bits per heavy atom. The van der Waals surface area contributed by atoms with Crippen molar-refractivity contribution in [2.75, 3.05) is 13.2 Å². The van der Waals surface area contributed by atoms with Gasteiger partial charge in [-0.3, -0.25) is 4.99 Å². The molecule has 3 heterocycles. The standard InChI is InChI=1S/C30H29FN2O2/c1-30(2,34)23-5-3-19(4-6-23)28-26-15-21-17-32-18-22(21)16-27(26)33(25-9-7-24(31)8-10-25)29(28)20-11-13-35-14-12-20/h3-10,15-16,18,20,34H,11-14,17H2,1-2H3. The van der Waals surface area contributed by atoms with E-state index in [0.29, 0.717) is 12.5 Å². The number of nitrogens with zero attached hydrogens (tertiary/aromatic N) is 2. The molecular weight excluding hydrogens is 439 g/mol. The fraction of sp³-hybridized carbons (Fsp3) is 0.300. The van der Waals surface area contributed by atoms with Gasteiger partial charge in [0.1, 0.15) is 5.82 Å². The largest absolute Gasteiger partial charge is 0.386 e. The number of ether oxygens (including phenoxy) is 1. The summed E-state index contributed by atoms with van der Waals surface area (Å²) < 4.78 is 21.9. The third-order valence-electron chi connectivity index (χ3n) is 7.33. The Labute approximate surface area is 204 Å². The second kappa shape index (κ2) is 8.43. The smallest absolute Gasteiger partial charge is 0.123 e. The fourth-order valence-electron chi connectivity index (χ4n) is 5.49. The maximum absolute atomic E-state index is 13.9. The number of fused-ring (bicyclic) bond motifs is 2. The molecule has 1 saturated heterocycles. The molecule has 0 amide bonds. The lowest BCUT2D eigenvalue weighted by molar-refractivity contribution is 0.0786. The summed E-state index contributed by atoms with van der Waals surface area (Å²) in [5, 5.41) is 11.7. The molecule has 6 rings (SSSR count). The summed E-state index contributed by atoms with van der Waals surface area (Å²) >= 11 is 0. The van der Waals surface area contributed by atoms with Crippen molar-refractivity contribution in [3.63, 3.8) is 0 Å². The Balaban J connectivity index is 1.67. The van der Waals surface area contributed by atoms with Crippen molar-refractivity contribution in [1.29, 1.82) is 0 Å². The SMILES string of the molecule is CC(C)(O)c1ccc(-c2c(C3CCOCC3)n(-c3ccc(F)cc3)c3cc4c(cc23)CN=C4)cc1. The van der Waals surface area contributed by atoms with Crippen molar-refractivity contribution in [1.82, 2.24) is 4.57 Å². The van der Waals surface area contributed by atoms with Gasteiger partial charge >= 0.3 is 0 Å². The highest BCUT2D eigenvalue weighted by Crippen LogP contribution is 2.45. The van der Waals surface area contributed by atoms with Gasteiger partial charge in [0.25, 0.3) is 0 Å². The second-order valence-electron chi connectivity index (χ2n) is 10.1. The van der Waals surface area contributed by atoms with Gasteiger partial charge in [-0.25, -0.2) is 4.39 Å². The number of rotatable bonds is 4. The van der Waals surface area contributed by atoms with Crippen LogP contribution in [-0.4, -0.2) is 29.1 Å². The predicted octanol–water partition coefficient (Wildman–Crippen LogP) is 6.49. The van der Waals surface area contributed by atoms with Gasteiger partial charge in [0.2, 0.25) is 0 Å². The van der Waals surface area contributed by atoms with Crippen molar-refractivity contribution < 1.29 is 14.2 Å². The third-order valence-corrected chi connectivity index (χ3v) is 7.33. The predicted molar refractivity (Wildman–Crippen MR) is 138 cm³/mol. The van der Waals surface area contributed by atoms with E-state index in [1.165, 1.54) is 34.3 Å². The molecule has 0 radical (unpaired) electrons. The van der Waals surface area contributed by atoms with Crippen LogP contribution < -0.4 is 0 Å². The minimum absolute atomic E-state index is 0.242. The normalized spacial score (nSPS) is 16.2. The van der Waals surface area contributed by atoms with Crippen LogP contribution >= 0.6 is 0 Å². The Morgan fingerprint density at radius 1 is 1.00 bits per heavy atom. The monoisotopic (exact) mass is 468 g/mol. The van der Waals surface area contributed by atoms with Crippen LogP contribution in [0.4, 0.5) is 4.39 Å². The van der Waals surface area contributed by atoms with Crippen LogP contribution in [0.5, 0.6) is 0 Å². The van der Waals surface area contributed by atoms with Gasteiger partial charge in [0, 0.05) is 47.7 Å². The van der Waals surface area contributed by atoms with E-state index in [0.717, 1.165) is 53.9 Å². The highest BCUT2D eigenvalue weighted by Gasteiger charge is 2.29. The van der Waals surface area contributed by atoms with Crippen molar-refractivity contribution in [2.45, 2.75) is 44.8 Å². The molecule has 0 spiro atoms. The Kier molecular flexibility index (Phi) is 5.35. The van der Waals surface area contributed by atoms with Crippen molar-refractivity contribution in [2.24, 2.45) is 4.99 Å². The molecule has 2 aliphatic heterocycles. The van der Waals surface area contributed by atoms with E-state index in [4.69, 9.17) is 4.74 Å². The topological polar surface area (TPSA) is 46.8 Å². The Bertz CT molecular complexity index is 1420. The molecule has 1 N–H and O–H groups in total. The van der Waals surface area contributed by atoms with Gasteiger partial charge in [0.15, 0.2) is 0 Å². The molecule has 5 heteroatoms. The molecule has 0 unspecified atom stereocenters. The quantitative estimate of drug-likeness (QED) is 0.372. The van der Waals surface area contributed by atoms with Gasteiger partial charge in [-0.2, -0.15) is 0 Å². The van der Waals surface area contributed by atoms with Crippen LogP contribution in [0, 0.1) is 5.82 Å². The Hall–Kier alpha value is -3.28. The molecule has 178 valence electrons. The lowest BCUT2D eigenvalue weighted by Crippen LogP contribution is -2.17. The number of halogens is 1. The van der Waals surface area contributed by atoms with E-state index in [9.17, 15) is 9.50 Å². The van der Waals surface area contributed by atoms with Crippen molar-refractivity contribution in [3.05, 3.63) is 88.9 Å². The van der Waals surface area contributed by atoms with Crippen LogP contribution in [0.25, 0.3) is 27.7 Å². The van der Waals surface area contributed by atoms with Crippen LogP contribution in [0.2, 0.25) is 0 Å². The first kappa shape index (κ1) is 22.2. The molecule has 4 nitrogen and oxygen atoms in total. The van der Waals surface area contributed by atoms with E-state index >= 15 is 0 Å². The lowest BCUT2D eigenvalue weighted by Gasteiger charge is -2.26. The zero-order chi connectivity index (χ0) is 24.2. The van der Waals surface area contributed by atoms with Crippen LogP contribution in [0.15, 0.2) is 65.7 Å². The van der Waals surface area contributed by atoms with E-state index in [1.54, 1.807) is 13.8 Å². The van der Waals surface area contributed by atoms with Gasteiger partial charge in [0.05, 0.1) is 17.7 Å².